The van der Waals surface area contributed by atoms with E-state index in [-0.39, 0.29) is 0 Å². The highest BCUT2D eigenvalue weighted by atomic mass is 32.1. The molecule has 11 rings (SSSR count). The van der Waals surface area contributed by atoms with Crippen LogP contribution in [0.5, 0.6) is 0 Å². The first-order valence-electron chi connectivity index (χ1n) is 16.5. The van der Waals surface area contributed by atoms with Crippen LogP contribution in [0.3, 0.4) is 0 Å². The smallest absolute Gasteiger partial charge is 0.166 e. The molecule has 0 spiro atoms. The third kappa shape index (κ3) is 3.79. The van der Waals surface area contributed by atoms with Gasteiger partial charge in [-0.15, -0.1) is 11.3 Å². The van der Waals surface area contributed by atoms with Crippen molar-refractivity contribution in [2.75, 3.05) is 0 Å². The first-order valence-corrected chi connectivity index (χ1v) is 17.3. The van der Waals surface area contributed by atoms with Crippen LogP contribution in [0.1, 0.15) is 0 Å². The van der Waals surface area contributed by atoms with E-state index in [0.717, 1.165) is 50.0 Å². The van der Waals surface area contributed by atoms with Crippen LogP contribution in [-0.2, 0) is 0 Å². The highest BCUT2D eigenvalue weighted by molar-refractivity contribution is 7.25. The zero-order valence-corrected chi connectivity index (χ0v) is 27.0. The lowest BCUT2D eigenvalue weighted by molar-refractivity contribution is 1.05. The summed E-state index contributed by atoms with van der Waals surface area (Å²) in [6.07, 6.45) is 0. The fraction of sp³-hybridized carbons (Fsp3) is 0. The van der Waals surface area contributed by atoms with Gasteiger partial charge in [0.1, 0.15) is 11.0 Å². The Hall–Kier alpha value is -6.30. The molecule has 228 valence electrons. The summed E-state index contributed by atoms with van der Waals surface area (Å²) < 4.78 is 7.36. The Bertz CT molecular complexity index is 3100. The Morgan fingerprint density at radius 2 is 1.14 bits per heavy atom. The topological polar surface area (TPSA) is 35.6 Å². The normalized spacial score (nSPS) is 12.1. The molecule has 0 fully saturated rings. The predicted molar refractivity (Wildman–Crippen MR) is 207 cm³/mol. The van der Waals surface area contributed by atoms with Gasteiger partial charge < -0.3 is 4.57 Å². The maximum absolute atomic E-state index is 5.54. The van der Waals surface area contributed by atoms with Crippen molar-refractivity contribution >= 4 is 86.0 Å². The molecule has 49 heavy (non-hydrogen) atoms. The number of hydrogen-bond donors (Lipinski definition) is 0. The molecular weight excluding hydrogens is 617 g/mol. The first-order chi connectivity index (χ1) is 24.3. The van der Waals surface area contributed by atoms with E-state index in [1.165, 1.54) is 41.7 Å². The molecule has 0 amide bonds. The number of fused-ring (bicyclic) bond motifs is 11. The van der Waals surface area contributed by atoms with Gasteiger partial charge in [-0.3, -0.25) is 4.57 Å². The standard InChI is InChI=1S/C44H26N4S/c1-3-14-28(15-4-1)43-45-40-33-24-23-27-13-7-8-18-30(27)41(33)47(29-16-5-2-6-17-29)42(40)44(46-43)48-36-21-11-9-19-31(36)34-26-39-35(25-37(34)48)32-20-10-12-22-38(32)49-39/h1-26H. The van der Waals surface area contributed by atoms with Gasteiger partial charge in [0.15, 0.2) is 11.6 Å². The van der Waals surface area contributed by atoms with E-state index in [1.54, 1.807) is 0 Å². The zero-order valence-electron chi connectivity index (χ0n) is 26.2. The van der Waals surface area contributed by atoms with Crippen LogP contribution in [0.25, 0.3) is 97.6 Å². The van der Waals surface area contributed by atoms with Crippen molar-refractivity contribution in [1.82, 2.24) is 19.1 Å². The molecule has 4 heterocycles. The zero-order chi connectivity index (χ0) is 32.1. The molecule has 5 heteroatoms. The molecular formula is C44H26N4S. The predicted octanol–water partition coefficient (Wildman–Crippen LogP) is 11.9. The number of rotatable bonds is 3. The fourth-order valence-corrected chi connectivity index (χ4v) is 8.89. The lowest BCUT2D eigenvalue weighted by Gasteiger charge is -2.15. The van der Waals surface area contributed by atoms with Crippen molar-refractivity contribution in [3.8, 4) is 22.9 Å². The van der Waals surface area contributed by atoms with Crippen LogP contribution >= 0.6 is 11.3 Å². The number of benzene rings is 7. The lowest BCUT2D eigenvalue weighted by atomic mass is 10.1. The molecule has 0 aliphatic heterocycles. The maximum Gasteiger partial charge on any atom is 0.166 e. The van der Waals surface area contributed by atoms with Gasteiger partial charge in [-0.2, -0.15) is 0 Å². The molecule has 0 aliphatic rings. The van der Waals surface area contributed by atoms with Crippen molar-refractivity contribution in [3.05, 3.63) is 158 Å². The second-order valence-electron chi connectivity index (χ2n) is 12.6. The van der Waals surface area contributed by atoms with Crippen molar-refractivity contribution in [1.29, 1.82) is 0 Å². The Kier molecular flexibility index (Phi) is 5.51. The molecule has 0 saturated carbocycles. The summed E-state index contributed by atoms with van der Waals surface area (Å²) in [7, 11) is 0. The molecule has 4 aromatic heterocycles. The number of thiophene rings is 1. The van der Waals surface area contributed by atoms with Crippen molar-refractivity contribution < 1.29 is 0 Å². The molecule has 0 atom stereocenters. The van der Waals surface area contributed by atoms with Crippen LogP contribution in [-0.4, -0.2) is 19.1 Å². The van der Waals surface area contributed by atoms with Gasteiger partial charge in [-0.1, -0.05) is 115 Å². The highest BCUT2D eigenvalue weighted by Crippen LogP contribution is 2.43. The third-order valence-corrected chi connectivity index (χ3v) is 11.0. The van der Waals surface area contributed by atoms with E-state index in [2.05, 4.69) is 161 Å². The van der Waals surface area contributed by atoms with Crippen LogP contribution in [0.15, 0.2) is 158 Å². The van der Waals surface area contributed by atoms with Crippen LogP contribution in [0, 0.1) is 0 Å². The summed E-state index contributed by atoms with van der Waals surface area (Å²) >= 11 is 1.86. The molecule has 0 aliphatic carbocycles. The van der Waals surface area contributed by atoms with Gasteiger partial charge in [0.2, 0.25) is 0 Å². The monoisotopic (exact) mass is 642 g/mol. The Labute approximate surface area is 284 Å². The summed E-state index contributed by atoms with van der Waals surface area (Å²) in [4.78, 5) is 10.9. The van der Waals surface area contributed by atoms with E-state index in [4.69, 9.17) is 9.97 Å². The molecule has 0 saturated heterocycles. The maximum atomic E-state index is 5.54. The molecule has 4 nitrogen and oxygen atoms in total. The summed E-state index contributed by atoms with van der Waals surface area (Å²) in [6, 6.07) is 56.3. The van der Waals surface area contributed by atoms with Crippen LogP contribution in [0.4, 0.5) is 0 Å². The minimum atomic E-state index is 0.705. The molecule has 11 aromatic rings. The van der Waals surface area contributed by atoms with Crippen molar-refractivity contribution in [2.24, 2.45) is 0 Å². The minimum absolute atomic E-state index is 0.705. The Balaban J connectivity index is 1.40. The second-order valence-corrected chi connectivity index (χ2v) is 13.7. The van der Waals surface area contributed by atoms with Crippen molar-refractivity contribution in [2.45, 2.75) is 0 Å². The molecule has 0 radical (unpaired) electrons. The average Bonchev–Trinajstić information content (AvgIpc) is 3.82. The summed E-state index contributed by atoms with van der Waals surface area (Å²) in [6.45, 7) is 0. The van der Waals surface area contributed by atoms with Gasteiger partial charge in [0, 0.05) is 53.0 Å². The van der Waals surface area contributed by atoms with Gasteiger partial charge in [-0.05, 0) is 47.9 Å². The second kappa shape index (κ2) is 10.1. The SMILES string of the molecule is c1ccc(-c2nc(-n3c4ccccc4c4cc5sc6ccccc6c5cc43)c3c(n2)c2ccc4ccccc4c2n3-c2ccccc2)cc1. The van der Waals surface area contributed by atoms with Crippen LogP contribution in [0.2, 0.25) is 0 Å². The van der Waals surface area contributed by atoms with E-state index in [9.17, 15) is 0 Å². The van der Waals surface area contributed by atoms with Crippen molar-refractivity contribution in [3.63, 3.8) is 0 Å². The molecule has 0 unspecified atom stereocenters. The van der Waals surface area contributed by atoms with E-state index >= 15 is 0 Å². The van der Waals surface area contributed by atoms with Gasteiger partial charge >= 0.3 is 0 Å². The molecule has 7 aromatic carbocycles. The van der Waals surface area contributed by atoms with Crippen LogP contribution < -0.4 is 0 Å². The van der Waals surface area contributed by atoms with Gasteiger partial charge in [-0.25, -0.2) is 9.97 Å². The lowest BCUT2D eigenvalue weighted by Crippen LogP contribution is -2.05. The Morgan fingerprint density at radius 1 is 0.429 bits per heavy atom. The summed E-state index contributed by atoms with van der Waals surface area (Å²) in [5, 5.41) is 8.45. The minimum Gasteiger partial charge on any atom is -0.304 e. The first kappa shape index (κ1) is 26.7. The quantitative estimate of drug-likeness (QED) is 0.192. The van der Waals surface area contributed by atoms with Gasteiger partial charge in [0.05, 0.1) is 16.6 Å². The fourth-order valence-electron chi connectivity index (χ4n) is 7.76. The van der Waals surface area contributed by atoms with E-state index in [1.807, 2.05) is 17.4 Å². The van der Waals surface area contributed by atoms with E-state index < -0.39 is 0 Å². The number of aromatic nitrogens is 4. The highest BCUT2D eigenvalue weighted by Gasteiger charge is 2.25. The molecule has 0 N–H and O–H groups in total. The van der Waals surface area contributed by atoms with E-state index in [0.29, 0.717) is 5.82 Å². The number of nitrogens with zero attached hydrogens (tertiary/aromatic N) is 4. The largest absolute Gasteiger partial charge is 0.304 e. The Morgan fingerprint density at radius 3 is 2.00 bits per heavy atom. The summed E-state index contributed by atoms with van der Waals surface area (Å²) in [5.74, 6) is 1.56. The number of para-hydroxylation sites is 2. The third-order valence-electron chi connectivity index (χ3n) is 9.90. The average molecular weight is 643 g/mol. The number of hydrogen-bond acceptors (Lipinski definition) is 3. The summed E-state index contributed by atoms with van der Waals surface area (Å²) in [5.41, 5.74) is 7.35. The molecule has 0 bridgehead atoms. The van der Waals surface area contributed by atoms with Gasteiger partial charge in [0.25, 0.3) is 0 Å².